The lowest BCUT2D eigenvalue weighted by Gasteiger charge is -2.16. The Kier molecular flexibility index (Phi) is 4.18. The molecule has 7 rings (SSSR count). The molecule has 0 N–H and O–H groups in total. The summed E-state index contributed by atoms with van der Waals surface area (Å²) in [6, 6.07) is 36.9. The van der Waals surface area contributed by atoms with Gasteiger partial charge >= 0.3 is 0 Å². The predicted octanol–water partition coefficient (Wildman–Crippen LogP) is 8.38. The van der Waals surface area contributed by atoms with Crippen LogP contribution in [0.25, 0.3) is 65.8 Å². The zero-order valence-corrected chi connectivity index (χ0v) is 18.4. The Bertz CT molecular complexity index is 1790. The van der Waals surface area contributed by atoms with E-state index in [2.05, 4.69) is 94.9 Å². The summed E-state index contributed by atoms with van der Waals surface area (Å²) in [7, 11) is 0. The van der Waals surface area contributed by atoms with E-state index in [0.717, 1.165) is 16.8 Å². The summed E-state index contributed by atoms with van der Waals surface area (Å²) in [6.07, 6.45) is 5.61. The fraction of sp³-hybridized carbons (Fsp3) is 0. The van der Waals surface area contributed by atoms with E-state index in [4.69, 9.17) is 0 Å². The fourth-order valence-corrected chi connectivity index (χ4v) is 5.21. The highest BCUT2D eigenvalue weighted by molar-refractivity contribution is 6.27. The summed E-state index contributed by atoms with van der Waals surface area (Å²) in [4.78, 5) is 8.90. The van der Waals surface area contributed by atoms with Crippen LogP contribution in [0, 0.1) is 0 Å². The third kappa shape index (κ3) is 2.89. The maximum atomic E-state index is 4.55. The molecule has 5 aromatic carbocycles. The lowest BCUT2D eigenvalue weighted by molar-refractivity contribution is 1.33. The molecule has 2 nitrogen and oxygen atoms in total. The zero-order chi connectivity index (χ0) is 22.5. The molecule has 2 aromatic heterocycles. The lowest BCUT2D eigenvalue weighted by atomic mass is 9.87. The summed E-state index contributed by atoms with van der Waals surface area (Å²) in [5.41, 5.74) is 6.92. The molecule has 0 saturated carbocycles. The van der Waals surface area contributed by atoms with Crippen LogP contribution in [-0.2, 0) is 0 Å². The standard InChI is InChI=1S/C32H20N2/c1-2-18-34-30(8-1)24-6-3-5-23(19-24)26-13-11-21-9-10-22-12-14-27(25-7-4-17-33-20-25)29-16-15-28(26)31(21)32(22)29/h1-20H. The van der Waals surface area contributed by atoms with Crippen molar-refractivity contribution in [1.82, 2.24) is 9.97 Å². The van der Waals surface area contributed by atoms with Crippen LogP contribution in [0.4, 0.5) is 0 Å². The third-order valence-electron chi connectivity index (χ3n) is 6.77. The van der Waals surface area contributed by atoms with Crippen molar-refractivity contribution in [2.24, 2.45) is 0 Å². The summed E-state index contributed by atoms with van der Waals surface area (Å²) in [5, 5.41) is 7.71. The molecule has 0 saturated heterocycles. The second-order valence-electron chi connectivity index (χ2n) is 8.69. The largest absolute Gasteiger partial charge is 0.264 e. The average molecular weight is 433 g/mol. The average Bonchev–Trinajstić information content (AvgIpc) is 2.92. The Morgan fingerprint density at radius 3 is 1.82 bits per heavy atom. The maximum absolute atomic E-state index is 4.55. The van der Waals surface area contributed by atoms with E-state index in [0.29, 0.717) is 0 Å². The first-order valence-electron chi connectivity index (χ1n) is 11.5. The number of aromatic nitrogens is 2. The van der Waals surface area contributed by atoms with Gasteiger partial charge in [0.2, 0.25) is 0 Å². The molecule has 0 aliphatic carbocycles. The first-order valence-corrected chi connectivity index (χ1v) is 11.5. The molecule has 0 aliphatic rings. The Morgan fingerprint density at radius 1 is 0.471 bits per heavy atom. The topological polar surface area (TPSA) is 25.8 Å². The molecule has 0 amide bonds. The molecule has 0 aliphatic heterocycles. The monoisotopic (exact) mass is 432 g/mol. The van der Waals surface area contributed by atoms with Crippen molar-refractivity contribution in [2.45, 2.75) is 0 Å². The molecule has 7 aromatic rings. The van der Waals surface area contributed by atoms with Crippen LogP contribution in [-0.4, -0.2) is 9.97 Å². The second-order valence-corrected chi connectivity index (χ2v) is 8.69. The van der Waals surface area contributed by atoms with E-state index >= 15 is 0 Å². The van der Waals surface area contributed by atoms with Crippen LogP contribution in [0.2, 0.25) is 0 Å². The summed E-state index contributed by atoms with van der Waals surface area (Å²) >= 11 is 0. The van der Waals surface area contributed by atoms with Crippen molar-refractivity contribution >= 4 is 32.3 Å². The molecule has 158 valence electrons. The fourth-order valence-electron chi connectivity index (χ4n) is 5.21. The van der Waals surface area contributed by atoms with E-state index in [1.165, 1.54) is 49.0 Å². The van der Waals surface area contributed by atoms with Gasteiger partial charge in [0.1, 0.15) is 0 Å². The minimum Gasteiger partial charge on any atom is -0.264 e. The summed E-state index contributed by atoms with van der Waals surface area (Å²) < 4.78 is 0. The lowest BCUT2D eigenvalue weighted by Crippen LogP contribution is -1.90. The number of nitrogens with zero attached hydrogens (tertiary/aromatic N) is 2. The molecule has 34 heavy (non-hydrogen) atoms. The van der Waals surface area contributed by atoms with Crippen molar-refractivity contribution < 1.29 is 0 Å². The van der Waals surface area contributed by atoms with Gasteiger partial charge < -0.3 is 0 Å². The van der Waals surface area contributed by atoms with Crippen molar-refractivity contribution in [3.63, 3.8) is 0 Å². The van der Waals surface area contributed by atoms with Crippen molar-refractivity contribution in [3.8, 4) is 33.5 Å². The third-order valence-corrected chi connectivity index (χ3v) is 6.77. The minimum atomic E-state index is 0.989. The van der Waals surface area contributed by atoms with E-state index in [1.54, 1.807) is 0 Å². The number of hydrogen-bond donors (Lipinski definition) is 0. The smallest absolute Gasteiger partial charge is 0.0702 e. The minimum absolute atomic E-state index is 0.989. The van der Waals surface area contributed by atoms with Gasteiger partial charge in [-0.2, -0.15) is 0 Å². The molecule has 0 radical (unpaired) electrons. The van der Waals surface area contributed by atoms with Gasteiger partial charge in [-0.05, 0) is 73.3 Å². The van der Waals surface area contributed by atoms with Crippen LogP contribution in [0.3, 0.4) is 0 Å². The van der Waals surface area contributed by atoms with Crippen molar-refractivity contribution in [3.05, 3.63) is 122 Å². The predicted molar refractivity (Wildman–Crippen MR) is 142 cm³/mol. The number of benzene rings is 5. The number of pyridine rings is 2. The van der Waals surface area contributed by atoms with Crippen LogP contribution in [0.15, 0.2) is 122 Å². The molecule has 0 bridgehead atoms. The SMILES string of the molecule is c1ccc(-c2cccc(-c3ccc4ccc5ccc(-c6cccnc6)c6ccc3c4c56)c2)nc1. The van der Waals surface area contributed by atoms with Crippen LogP contribution in [0.5, 0.6) is 0 Å². The summed E-state index contributed by atoms with van der Waals surface area (Å²) in [6.45, 7) is 0. The molecule has 0 atom stereocenters. The molecular weight excluding hydrogens is 412 g/mol. The Balaban J connectivity index is 1.51. The number of rotatable bonds is 3. The quantitative estimate of drug-likeness (QED) is 0.262. The first kappa shape index (κ1) is 19.0. The van der Waals surface area contributed by atoms with Gasteiger partial charge in [-0.25, -0.2) is 0 Å². The maximum Gasteiger partial charge on any atom is 0.0702 e. The highest BCUT2D eigenvalue weighted by Gasteiger charge is 2.15. The molecule has 2 heterocycles. The molecule has 0 fully saturated rings. The van der Waals surface area contributed by atoms with E-state index in [-0.39, 0.29) is 0 Å². The van der Waals surface area contributed by atoms with E-state index in [1.807, 2.05) is 36.8 Å². The van der Waals surface area contributed by atoms with Gasteiger partial charge in [0.25, 0.3) is 0 Å². The highest BCUT2D eigenvalue weighted by atomic mass is 14.7. The molecule has 0 unspecified atom stereocenters. The summed E-state index contributed by atoms with van der Waals surface area (Å²) in [5.74, 6) is 0. The van der Waals surface area contributed by atoms with Crippen molar-refractivity contribution in [2.75, 3.05) is 0 Å². The Morgan fingerprint density at radius 2 is 1.15 bits per heavy atom. The van der Waals surface area contributed by atoms with Gasteiger partial charge in [0.05, 0.1) is 5.69 Å². The van der Waals surface area contributed by atoms with Gasteiger partial charge in [0, 0.05) is 29.7 Å². The van der Waals surface area contributed by atoms with Gasteiger partial charge in [-0.3, -0.25) is 9.97 Å². The molecular formula is C32H20N2. The van der Waals surface area contributed by atoms with E-state index < -0.39 is 0 Å². The molecule has 0 spiro atoms. The number of hydrogen-bond acceptors (Lipinski definition) is 2. The highest BCUT2D eigenvalue weighted by Crippen LogP contribution is 2.42. The zero-order valence-electron chi connectivity index (χ0n) is 18.4. The van der Waals surface area contributed by atoms with Crippen molar-refractivity contribution in [1.29, 1.82) is 0 Å². The van der Waals surface area contributed by atoms with Gasteiger partial charge in [0.15, 0.2) is 0 Å². The van der Waals surface area contributed by atoms with Gasteiger partial charge in [-0.1, -0.05) is 78.9 Å². The molecule has 2 heteroatoms. The van der Waals surface area contributed by atoms with E-state index in [9.17, 15) is 0 Å². The van der Waals surface area contributed by atoms with Crippen LogP contribution in [0.1, 0.15) is 0 Å². The Hall–Kier alpha value is -4.56. The van der Waals surface area contributed by atoms with Crippen LogP contribution < -0.4 is 0 Å². The van der Waals surface area contributed by atoms with Crippen LogP contribution >= 0.6 is 0 Å². The van der Waals surface area contributed by atoms with Gasteiger partial charge in [-0.15, -0.1) is 0 Å². The first-order chi connectivity index (χ1) is 16.9. The second kappa shape index (κ2) is 7.50. The normalized spacial score (nSPS) is 11.5. The Labute approximate surface area is 197 Å².